The van der Waals surface area contributed by atoms with Gasteiger partial charge in [0.05, 0.1) is 12.1 Å². The summed E-state index contributed by atoms with van der Waals surface area (Å²) in [6.07, 6.45) is -4.18. The van der Waals surface area contributed by atoms with Gasteiger partial charge >= 0.3 is 6.18 Å². The van der Waals surface area contributed by atoms with Crippen LogP contribution in [0.2, 0.25) is 0 Å². The van der Waals surface area contributed by atoms with Gasteiger partial charge in [0.2, 0.25) is 5.76 Å². The number of likely N-dealkylation sites (tertiary alicyclic amines) is 1. The van der Waals surface area contributed by atoms with Crippen molar-refractivity contribution in [2.24, 2.45) is 0 Å². The van der Waals surface area contributed by atoms with Gasteiger partial charge in [-0.05, 0) is 37.1 Å². The number of halogens is 4. The number of hydrogen-bond donors (Lipinski definition) is 0. The highest BCUT2D eigenvalue weighted by atomic mass is 19.4. The lowest BCUT2D eigenvalue weighted by Gasteiger charge is -2.46. The summed E-state index contributed by atoms with van der Waals surface area (Å²) in [6, 6.07) is 5.50. The standard InChI is InChI=1S/C20H19F4N3O4/c1-12-25-16(17(31-12)20(22,23)24)18(29)26-8-6-19(7-9-26)11-27(15(28)10-30-19)14-4-2-13(21)3-5-14/h2-5H,6-11H2,1H3. The molecule has 1 aromatic carbocycles. The highest BCUT2D eigenvalue weighted by molar-refractivity contribution is 5.95. The van der Waals surface area contributed by atoms with E-state index in [0.29, 0.717) is 18.5 Å². The Hall–Kier alpha value is -2.95. The van der Waals surface area contributed by atoms with E-state index in [0.717, 1.165) is 0 Å². The highest BCUT2D eigenvalue weighted by Gasteiger charge is 2.46. The molecule has 2 aliphatic heterocycles. The Morgan fingerprint density at radius 3 is 2.42 bits per heavy atom. The van der Waals surface area contributed by atoms with Crippen molar-refractivity contribution >= 4 is 17.5 Å². The summed E-state index contributed by atoms with van der Waals surface area (Å²) in [5.74, 6) is -3.21. The molecule has 0 aliphatic carbocycles. The van der Waals surface area contributed by atoms with E-state index >= 15 is 0 Å². The number of benzene rings is 1. The summed E-state index contributed by atoms with van der Waals surface area (Å²) in [5, 5.41) is 0. The molecule has 2 saturated heterocycles. The van der Waals surface area contributed by atoms with Gasteiger partial charge in [-0.15, -0.1) is 0 Å². The Morgan fingerprint density at radius 2 is 1.81 bits per heavy atom. The monoisotopic (exact) mass is 441 g/mol. The number of aromatic nitrogens is 1. The summed E-state index contributed by atoms with van der Waals surface area (Å²) < 4.78 is 63.1. The molecular formula is C20H19F4N3O4. The Labute approximate surface area is 174 Å². The predicted octanol–water partition coefficient (Wildman–Crippen LogP) is 3.18. The van der Waals surface area contributed by atoms with Gasteiger partial charge < -0.3 is 19.0 Å². The molecule has 4 rings (SSSR count). The lowest BCUT2D eigenvalue weighted by molar-refractivity contribution is -0.153. The second-order valence-electron chi connectivity index (χ2n) is 7.63. The number of alkyl halides is 3. The number of amides is 2. The molecule has 166 valence electrons. The summed E-state index contributed by atoms with van der Waals surface area (Å²) >= 11 is 0. The third-order valence-corrected chi connectivity index (χ3v) is 5.54. The summed E-state index contributed by atoms with van der Waals surface area (Å²) in [7, 11) is 0. The number of ether oxygens (including phenoxy) is 1. The number of anilines is 1. The molecule has 2 fully saturated rings. The van der Waals surface area contributed by atoms with Gasteiger partial charge in [-0.2, -0.15) is 13.2 Å². The number of hydrogen-bond acceptors (Lipinski definition) is 5. The van der Waals surface area contributed by atoms with Crippen LogP contribution in [0.15, 0.2) is 28.7 Å². The number of piperidine rings is 1. The third kappa shape index (κ3) is 4.14. The number of oxazole rings is 1. The van der Waals surface area contributed by atoms with E-state index in [1.54, 1.807) is 0 Å². The molecule has 2 aliphatic rings. The fourth-order valence-corrected chi connectivity index (χ4v) is 3.90. The van der Waals surface area contributed by atoms with Gasteiger partial charge in [0.15, 0.2) is 11.6 Å². The van der Waals surface area contributed by atoms with Crippen LogP contribution in [0.1, 0.15) is 35.0 Å². The number of aryl methyl sites for hydroxylation is 1. The van der Waals surface area contributed by atoms with Gasteiger partial charge in [0.25, 0.3) is 11.8 Å². The van der Waals surface area contributed by atoms with Crippen LogP contribution >= 0.6 is 0 Å². The second kappa shape index (κ2) is 7.63. The van der Waals surface area contributed by atoms with E-state index in [1.807, 2.05) is 0 Å². The highest BCUT2D eigenvalue weighted by Crippen LogP contribution is 2.36. The number of morpholine rings is 1. The molecule has 1 spiro atoms. The Kier molecular flexibility index (Phi) is 5.24. The zero-order chi connectivity index (χ0) is 22.4. The second-order valence-corrected chi connectivity index (χ2v) is 7.63. The molecule has 31 heavy (non-hydrogen) atoms. The molecule has 0 atom stereocenters. The van der Waals surface area contributed by atoms with Crippen LogP contribution in [0.5, 0.6) is 0 Å². The van der Waals surface area contributed by atoms with Gasteiger partial charge in [-0.1, -0.05) is 0 Å². The average molecular weight is 441 g/mol. The van der Waals surface area contributed by atoms with E-state index in [9.17, 15) is 27.2 Å². The number of carbonyl (C=O) groups excluding carboxylic acids is 2. The van der Waals surface area contributed by atoms with E-state index in [1.165, 1.54) is 41.0 Å². The van der Waals surface area contributed by atoms with Crippen molar-refractivity contribution in [1.29, 1.82) is 0 Å². The first-order valence-corrected chi connectivity index (χ1v) is 9.62. The van der Waals surface area contributed by atoms with E-state index in [4.69, 9.17) is 4.74 Å². The maximum Gasteiger partial charge on any atom is 0.452 e. The molecule has 2 amide bonds. The van der Waals surface area contributed by atoms with Crippen molar-refractivity contribution in [3.63, 3.8) is 0 Å². The minimum Gasteiger partial charge on any atom is -0.436 e. The van der Waals surface area contributed by atoms with Crippen molar-refractivity contribution in [2.75, 3.05) is 31.1 Å². The lowest BCUT2D eigenvalue weighted by Crippen LogP contribution is -2.59. The first-order chi connectivity index (χ1) is 14.6. The maximum absolute atomic E-state index is 13.2. The molecule has 0 bridgehead atoms. The fourth-order valence-electron chi connectivity index (χ4n) is 3.90. The number of carbonyl (C=O) groups is 2. The van der Waals surface area contributed by atoms with Crippen LogP contribution in [0.3, 0.4) is 0 Å². The molecule has 3 heterocycles. The zero-order valence-corrected chi connectivity index (χ0v) is 16.5. The van der Waals surface area contributed by atoms with Gasteiger partial charge in [-0.3, -0.25) is 9.59 Å². The van der Waals surface area contributed by atoms with Crippen LogP contribution in [0, 0.1) is 12.7 Å². The Morgan fingerprint density at radius 1 is 1.16 bits per heavy atom. The molecule has 2 aromatic rings. The van der Waals surface area contributed by atoms with Crippen molar-refractivity contribution in [1.82, 2.24) is 9.88 Å². The van der Waals surface area contributed by atoms with E-state index in [-0.39, 0.29) is 38.0 Å². The van der Waals surface area contributed by atoms with Gasteiger partial charge in [0, 0.05) is 25.7 Å². The third-order valence-electron chi connectivity index (χ3n) is 5.54. The SMILES string of the molecule is Cc1nc(C(=O)N2CCC3(CC2)CN(c2ccc(F)cc2)C(=O)CO3)c(C(F)(F)F)o1. The summed E-state index contributed by atoms with van der Waals surface area (Å²) in [6.45, 7) is 1.54. The molecule has 0 unspecified atom stereocenters. The molecule has 0 saturated carbocycles. The topological polar surface area (TPSA) is 75.9 Å². The van der Waals surface area contributed by atoms with Crippen LogP contribution in [0.25, 0.3) is 0 Å². The molecule has 0 radical (unpaired) electrons. The van der Waals surface area contributed by atoms with Crippen molar-refractivity contribution in [2.45, 2.75) is 31.5 Å². The van der Waals surface area contributed by atoms with Crippen molar-refractivity contribution in [3.8, 4) is 0 Å². The molecule has 7 nitrogen and oxygen atoms in total. The first-order valence-electron chi connectivity index (χ1n) is 9.62. The zero-order valence-electron chi connectivity index (χ0n) is 16.5. The number of nitrogens with zero attached hydrogens (tertiary/aromatic N) is 3. The Bertz CT molecular complexity index is 995. The van der Waals surface area contributed by atoms with Gasteiger partial charge in [-0.25, -0.2) is 9.37 Å². The van der Waals surface area contributed by atoms with Crippen LogP contribution in [-0.4, -0.2) is 53.5 Å². The predicted molar refractivity (Wildman–Crippen MR) is 98.8 cm³/mol. The number of rotatable bonds is 2. The average Bonchev–Trinajstić information content (AvgIpc) is 3.13. The first kappa shape index (κ1) is 21.3. The van der Waals surface area contributed by atoms with E-state index < -0.39 is 35.0 Å². The normalized spacial score (nSPS) is 19.2. The summed E-state index contributed by atoms with van der Waals surface area (Å²) in [4.78, 5) is 31.4. The van der Waals surface area contributed by atoms with Gasteiger partial charge in [0.1, 0.15) is 12.4 Å². The lowest BCUT2D eigenvalue weighted by atomic mass is 9.88. The Balaban J connectivity index is 1.47. The minimum absolute atomic E-state index is 0.132. The van der Waals surface area contributed by atoms with Crippen LogP contribution in [-0.2, 0) is 15.7 Å². The van der Waals surface area contributed by atoms with Crippen LogP contribution in [0.4, 0.5) is 23.2 Å². The van der Waals surface area contributed by atoms with E-state index in [2.05, 4.69) is 9.40 Å². The molecule has 11 heteroatoms. The maximum atomic E-state index is 13.2. The largest absolute Gasteiger partial charge is 0.452 e. The molecular weight excluding hydrogens is 422 g/mol. The molecule has 1 aromatic heterocycles. The van der Waals surface area contributed by atoms with Crippen molar-refractivity contribution in [3.05, 3.63) is 47.4 Å². The fraction of sp³-hybridized carbons (Fsp3) is 0.450. The quantitative estimate of drug-likeness (QED) is 0.670. The smallest absolute Gasteiger partial charge is 0.436 e. The van der Waals surface area contributed by atoms with Crippen LogP contribution < -0.4 is 4.90 Å². The molecule has 0 N–H and O–H groups in total. The minimum atomic E-state index is -4.83. The summed E-state index contributed by atoms with van der Waals surface area (Å²) in [5.41, 5.74) is -0.972. The van der Waals surface area contributed by atoms with Crippen molar-refractivity contribution < 1.29 is 36.3 Å².